The minimum atomic E-state index is -1.13. The summed E-state index contributed by atoms with van der Waals surface area (Å²) in [6, 6.07) is 3.92. The number of H-pyrrole nitrogens is 1. The Morgan fingerprint density at radius 1 is 1.24 bits per heavy atom. The van der Waals surface area contributed by atoms with Gasteiger partial charge in [0.2, 0.25) is 5.78 Å². The number of aromatic amines is 1. The molecule has 0 amide bonds. The number of aryl methyl sites for hydroxylation is 1. The molecule has 0 aliphatic carbocycles. The van der Waals surface area contributed by atoms with E-state index in [2.05, 4.69) is 20.9 Å². The molecule has 0 aliphatic rings. The highest BCUT2D eigenvalue weighted by Gasteiger charge is 2.27. The van der Waals surface area contributed by atoms with Crippen LogP contribution in [-0.2, 0) is 4.74 Å². The van der Waals surface area contributed by atoms with Crippen molar-refractivity contribution in [3.63, 3.8) is 0 Å². The number of nitrogens with one attached hydrogen (secondary N) is 1. The van der Waals surface area contributed by atoms with Gasteiger partial charge < -0.3 is 9.72 Å². The zero-order valence-corrected chi connectivity index (χ0v) is 15.8. The molecule has 0 bridgehead atoms. The molecule has 2 aromatic rings. The van der Waals surface area contributed by atoms with Crippen molar-refractivity contribution in [3.8, 4) is 0 Å². The molecule has 1 atom stereocenters. The normalized spacial score (nSPS) is 11.9. The van der Waals surface area contributed by atoms with E-state index < -0.39 is 23.7 Å². The SMILES string of the molecule is CC(=O)c1c(C)[nH]c(C(=O)C(C)OC(=O)c2ccc(Br)cc2F)c1C. The molecule has 0 saturated heterocycles. The van der Waals surface area contributed by atoms with Crippen LogP contribution in [0.25, 0.3) is 0 Å². The molecule has 0 spiro atoms. The average Bonchev–Trinajstić information content (AvgIpc) is 2.80. The summed E-state index contributed by atoms with van der Waals surface area (Å²) >= 11 is 3.10. The molecule has 1 heterocycles. The zero-order valence-electron chi connectivity index (χ0n) is 14.2. The highest BCUT2D eigenvalue weighted by molar-refractivity contribution is 9.10. The van der Waals surface area contributed by atoms with Crippen molar-refractivity contribution in [2.45, 2.75) is 33.8 Å². The monoisotopic (exact) mass is 409 g/mol. The molecule has 132 valence electrons. The van der Waals surface area contributed by atoms with E-state index in [1.165, 1.54) is 26.0 Å². The van der Waals surface area contributed by atoms with Crippen LogP contribution in [0.4, 0.5) is 4.39 Å². The Bertz CT molecular complexity index is 872. The van der Waals surface area contributed by atoms with Gasteiger partial charge in [0, 0.05) is 15.7 Å². The van der Waals surface area contributed by atoms with Crippen molar-refractivity contribution in [1.82, 2.24) is 4.98 Å². The maximum absolute atomic E-state index is 13.8. The fourth-order valence-electron chi connectivity index (χ4n) is 2.66. The van der Waals surface area contributed by atoms with Crippen molar-refractivity contribution in [2.75, 3.05) is 0 Å². The minimum absolute atomic E-state index is 0.160. The van der Waals surface area contributed by atoms with Gasteiger partial charge in [0.25, 0.3) is 0 Å². The van der Waals surface area contributed by atoms with Gasteiger partial charge in [-0.3, -0.25) is 9.59 Å². The quantitative estimate of drug-likeness (QED) is 0.593. The third kappa shape index (κ3) is 3.87. The lowest BCUT2D eigenvalue weighted by Crippen LogP contribution is -2.25. The first kappa shape index (κ1) is 19.1. The number of ether oxygens (including phenoxy) is 1. The summed E-state index contributed by atoms with van der Waals surface area (Å²) in [6.07, 6.45) is -1.13. The van der Waals surface area contributed by atoms with Gasteiger partial charge in [-0.1, -0.05) is 15.9 Å². The first-order valence-electron chi connectivity index (χ1n) is 7.53. The van der Waals surface area contributed by atoms with Crippen molar-refractivity contribution < 1.29 is 23.5 Å². The van der Waals surface area contributed by atoms with Crippen LogP contribution < -0.4 is 0 Å². The predicted molar refractivity (Wildman–Crippen MR) is 93.6 cm³/mol. The van der Waals surface area contributed by atoms with Gasteiger partial charge in [-0.25, -0.2) is 9.18 Å². The van der Waals surface area contributed by atoms with E-state index in [-0.39, 0.29) is 17.0 Å². The highest BCUT2D eigenvalue weighted by Crippen LogP contribution is 2.21. The zero-order chi connectivity index (χ0) is 18.9. The number of carbonyl (C=O) groups is 3. The number of hydrogen-bond acceptors (Lipinski definition) is 4. The van der Waals surface area contributed by atoms with Gasteiger partial charge in [0.05, 0.1) is 11.3 Å². The van der Waals surface area contributed by atoms with Gasteiger partial charge in [0.15, 0.2) is 11.9 Å². The second kappa shape index (κ2) is 7.31. The van der Waals surface area contributed by atoms with Crippen molar-refractivity contribution in [1.29, 1.82) is 0 Å². The van der Waals surface area contributed by atoms with E-state index in [0.717, 1.165) is 6.07 Å². The topological polar surface area (TPSA) is 76.2 Å². The molecule has 0 aliphatic heterocycles. The summed E-state index contributed by atoms with van der Waals surface area (Å²) in [7, 11) is 0. The van der Waals surface area contributed by atoms with E-state index in [0.29, 0.717) is 21.3 Å². The molecule has 1 aromatic carbocycles. The van der Waals surface area contributed by atoms with Crippen LogP contribution in [0.1, 0.15) is 56.3 Å². The van der Waals surface area contributed by atoms with Crippen molar-refractivity contribution in [3.05, 3.63) is 56.6 Å². The van der Waals surface area contributed by atoms with E-state index in [4.69, 9.17) is 4.74 Å². The van der Waals surface area contributed by atoms with Crippen molar-refractivity contribution in [2.24, 2.45) is 0 Å². The Labute approximate surface area is 152 Å². The third-order valence-electron chi connectivity index (χ3n) is 3.84. The third-order valence-corrected chi connectivity index (χ3v) is 4.33. The Morgan fingerprint density at radius 3 is 2.40 bits per heavy atom. The number of aromatic nitrogens is 1. The van der Waals surface area contributed by atoms with Crippen LogP contribution in [-0.4, -0.2) is 28.6 Å². The maximum atomic E-state index is 13.8. The molecule has 1 unspecified atom stereocenters. The Morgan fingerprint density at radius 2 is 1.88 bits per heavy atom. The predicted octanol–water partition coefficient (Wildman–Crippen LogP) is 4.16. The smallest absolute Gasteiger partial charge is 0.341 e. The lowest BCUT2D eigenvalue weighted by Gasteiger charge is -2.12. The second-order valence-electron chi connectivity index (χ2n) is 5.72. The molecule has 0 fully saturated rings. The molecular weight excluding hydrogens is 393 g/mol. The Balaban J connectivity index is 2.22. The summed E-state index contributed by atoms with van der Waals surface area (Å²) in [5.41, 5.74) is 1.48. The first-order valence-corrected chi connectivity index (χ1v) is 8.33. The Kier molecular flexibility index (Phi) is 5.57. The number of halogens is 2. The number of Topliss-reactive ketones (excluding diaryl/α,β-unsaturated/α-hetero) is 2. The van der Waals surface area contributed by atoms with Crippen LogP contribution in [0.5, 0.6) is 0 Å². The molecule has 5 nitrogen and oxygen atoms in total. The number of rotatable bonds is 5. The molecule has 1 N–H and O–H groups in total. The van der Waals surface area contributed by atoms with Gasteiger partial charge in [-0.2, -0.15) is 0 Å². The number of ketones is 2. The average molecular weight is 410 g/mol. The van der Waals surface area contributed by atoms with Crippen LogP contribution >= 0.6 is 15.9 Å². The minimum Gasteiger partial charge on any atom is -0.451 e. The molecule has 7 heteroatoms. The van der Waals surface area contributed by atoms with E-state index >= 15 is 0 Å². The standard InChI is InChI=1S/C18H17BrFNO4/c1-8-15(10(3)22)9(2)21-16(8)17(23)11(4)25-18(24)13-6-5-12(19)7-14(13)20/h5-7,11,21H,1-4H3. The summed E-state index contributed by atoms with van der Waals surface area (Å²) in [5, 5.41) is 0. The lowest BCUT2D eigenvalue weighted by atomic mass is 10.0. The molecule has 0 saturated carbocycles. The van der Waals surface area contributed by atoms with E-state index in [1.54, 1.807) is 13.8 Å². The van der Waals surface area contributed by atoms with Crippen LogP contribution in [0.15, 0.2) is 22.7 Å². The van der Waals surface area contributed by atoms with Gasteiger partial charge in [0.1, 0.15) is 5.82 Å². The summed E-state index contributed by atoms with van der Waals surface area (Å²) in [4.78, 5) is 39.2. The van der Waals surface area contributed by atoms with Crippen LogP contribution in [0.2, 0.25) is 0 Å². The van der Waals surface area contributed by atoms with Gasteiger partial charge >= 0.3 is 5.97 Å². The highest BCUT2D eigenvalue weighted by atomic mass is 79.9. The molecule has 0 radical (unpaired) electrons. The fourth-order valence-corrected chi connectivity index (χ4v) is 2.99. The molecular formula is C18H17BrFNO4. The number of hydrogen-bond donors (Lipinski definition) is 1. The lowest BCUT2D eigenvalue weighted by molar-refractivity contribution is 0.0312. The molecule has 25 heavy (non-hydrogen) atoms. The van der Waals surface area contributed by atoms with E-state index in [1.807, 2.05) is 0 Å². The summed E-state index contributed by atoms with van der Waals surface area (Å²) < 4.78 is 19.4. The number of benzene rings is 1. The van der Waals surface area contributed by atoms with Crippen molar-refractivity contribution >= 4 is 33.5 Å². The number of carbonyl (C=O) groups excluding carboxylic acids is 3. The summed E-state index contributed by atoms with van der Waals surface area (Å²) in [5.74, 6) is -2.32. The van der Waals surface area contributed by atoms with Crippen LogP contribution in [0, 0.1) is 19.7 Å². The van der Waals surface area contributed by atoms with E-state index in [9.17, 15) is 18.8 Å². The van der Waals surface area contributed by atoms with Crippen LogP contribution in [0.3, 0.4) is 0 Å². The number of esters is 1. The second-order valence-corrected chi connectivity index (χ2v) is 6.63. The maximum Gasteiger partial charge on any atom is 0.341 e. The Hall–Kier alpha value is -2.28. The molecule has 1 aromatic heterocycles. The largest absolute Gasteiger partial charge is 0.451 e. The molecule has 2 rings (SSSR count). The fraction of sp³-hybridized carbons (Fsp3) is 0.278. The van der Waals surface area contributed by atoms with Gasteiger partial charge in [-0.05, 0) is 51.5 Å². The van der Waals surface area contributed by atoms with Gasteiger partial charge in [-0.15, -0.1) is 0 Å². The summed E-state index contributed by atoms with van der Waals surface area (Å²) in [6.45, 7) is 6.15. The first-order chi connectivity index (χ1) is 11.6.